The van der Waals surface area contributed by atoms with E-state index in [2.05, 4.69) is 103 Å². The number of fused-ring (bicyclic) bond motifs is 6. The molecule has 9 aromatic rings. The Morgan fingerprint density at radius 3 is 1.64 bits per heavy atom. The summed E-state index contributed by atoms with van der Waals surface area (Å²) >= 11 is 0. The second-order valence-corrected chi connectivity index (χ2v) is 12.0. The average Bonchev–Trinajstić information content (AvgIpc) is 3.69. The lowest BCUT2D eigenvalue weighted by molar-refractivity contribution is 0.669. The van der Waals surface area contributed by atoms with E-state index in [1.165, 1.54) is 27.6 Å². The van der Waals surface area contributed by atoms with Gasteiger partial charge in [0.15, 0.2) is 17.5 Å². The molecule has 0 amide bonds. The van der Waals surface area contributed by atoms with Gasteiger partial charge in [-0.25, -0.2) is 15.0 Å². The van der Waals surface area contributed by atoms with Gasteiger partial charge in [0.2, 0.25) is 0 Å². The molecule has 1 aliphatic rings. The number of para-hydroxylation sites is 1. The third kappa shape index (κ3) is 3.98. The van der Waals surface area contributed by atoms with E-state index in [0.29, 0.717) is 17.5 Å². The van der Waals surface area contributed by atoms with Crippen molar-refractivity contribution in [2.24, 2.45) is 0 Å². The minimum Gasteiger partial charge on any atom is -0.456 e. The second-order valence-electron chi connectivity index (χ2n) is 12.0. The minimum atomic E-state index is 0.638. The third-order valence-corrected chi connectivity index (χ3v) is 9.31. The van der Waals surface area contributed by atoms with Gasteiger partial charge in [-0.1, -0.05) is 133 Å². The first-order valence-corrected chi connectivity index (χ1v) is 15.8. The first kappa shape index (κ1) is 25.9. The summed E-state index contributed by atoms with van der Waals surface area (Å²) in [4.78, 5) is 15.2. The van der Waals surface area contributed by atoms with Gasteiger partial charge in [0, 0.05) is 27.5 Å². The first-order valence-electron chi connectivity index (χ1n) is 15.8. The second kappa shape index (κ2) is 10.1. The van der Waals surface area contributed by atoms with E-state index >= 15 is 0 Å². The standard InChI is InChI=1S/C43H25N3O/c1-2-10-27(11-3-1)41-44-42(28-22-20-26(21-23-28)29-15-9-19-38-40(29)36-14-6-7-18-37(36)47-38)46-43(45-41)35-25-24-34-31-13-5-4-12-30(31)32-16-8-17-33(35)39(32)34/h1-25H. The van der Waals surface area contributed by atoms with Crippen LogP contribution >= 0.6 is 0 Å². The summed E-state index contributed by atoms with van der Waals surface area (Å²) in [5.41, 5.74) is 11.9. The van der Waals surface area contributed by atoms with Crippen LogP contribution in [-0.2, 0) is 0 Å². The van der Waals surface area contributed by atoms with Crippen molar-refractivity contribution in [2.45, 2.75) is 0 Å². The van der Waals surface area contributed by atoms with Gasteiger partial charge < -0.3 is 4.42 Å². The van der Waals surface area contributed by atoms with Gasteiger partial charge in [-0.3, -0.25) is 0 Å². The lowest BCUT2D eigenvalue weighted by Crippen LogP contribution is -2.00. The molecule has 218 valence electrons. The molecule has 2 aromatic heterocycles. The van der Waals surface area contributed by atoms with Crippen LogP contribution in [0, 0.1) is 0 Å². The number of hydrogen-bond acceptors (Lipinski definition) is 4. The Morgan fingerprint density at radius 1 is 0.298 bits per heavy atom. The highest BCUT2D eigenvalue weighted by Crippen LogP contribution is 2.49. The molecule has 0 bridgehead atoms. The predicted molar refractivity (Wildman–Crippen MR) is 191 cm³/mol. The maximum absolute atomic E-state index is 6.16. The van der Waals surface area contributed by atoms with Crippen LogP contribution in [0.5, 0.6) is 0 Å². The fourth-order valence-corrected chi connectivity index (χ4v) is 7.16. The maximum atomic E-state index is 6.16. The molecule has 0 saturated heterocycles. The molecule has 0 fully saturated rings. The Labute approximate surface area is 270 Å². The van der Waals surface area contributed by atoms with Crippen molar-refractivity contribution in [3.63, 3.8) is 0 Å². The van der Waals surface area contributed by atoms with Crippen molar-refractivity contribution < 1.29 is 4.42 Å². The SMILES string of the molecule is c1ccc(-c2nc(-c3ccc(-c4cccc5oc6ccccc6c45)cc3)nc(-c3ccc4c5c(cccc35)-c3ccccc3-4)n2)cc1. The van der Waals surface area contributed by atoms with Crippen LogP contribution in [0.3, 0.4) is 0 Å². The van der Waals surface area contributed by atoms with Gasteiger partial charge in [-0.05, 0) is 62.4 Å². The van der Waals surface area contributed by atoms with Crippen molar-refractivity contribution in [1.82, 2.24) is 15.0 Å². The largest absolute Gasteiger partial charge is 0.456 e. The highest BCUT2D eigenvalue weighted by atomic mass is 16.3. The Morgan fingerprint density at radius 2 is 0.830 bits per heavy atom. The number of rotatable bonds is 4. The fourth-order valence-electron chi connectivity index (χ4n) is 7.16. The van der Waals surface area contributed by atoms with Crippen molar-refractivity contribution >= 4 is 32.7 Å². The van der Waals surface area contributed by atoms with Crippen LogP contribution in [0.15, 0.2) is 156 Å². The van der Waals surface area contributed by atoms with Crippen molar-refractivity contribution in [1.29, 1.82) is 0 Å². The zero-order valence-electron chi connectivity index (χ0n) is 25.2. The Balaban J connectivity index is 1.13. The number of aromatic nitrogens is 3. The molecule has 0 saturated carbocycles. The summed E-state index contributed by atoms with van der Waals surface area (Å²) in [6.45, 7) is 0. The summed E-state index contributed by atoms with van der Waals surface area (Å²) in [6.07, 6.45) is 0. The van der Waals surface area contributed by atoms with E-state index in [-0.39, 0.29) is 0 Å². The molecule has 1 aliphatic carbocycles. The summed E-state index contributed by atoms with van der Waals surface area (Å²) in [5.74, 6) is 1.95. The van der Waals surface area contributed by atoms with E-state index < -0.39 is 0 Å². The molecule has 7 aromatic carbocycles. The Hall–Kier alpha value is -6.39. The number of nitrogens with zero attached hydrogens (tertiary/aromatic N) is 3. The Kier molecular flexibility index (Phi) is 5.54. The number of hydrogen-bond donors (Lipinski definition) is 0. The van der Waals surface area contributed by atoms with Gasteiger partial charge in [-0.15, -0.1) is 0 Å². The van der Waals surface area contributed by atoms with E-state index in [1.807, 2.05) is 48.5 Å². The van der Waals surface area contributed by atoms with Gasteiger partial charge in [0.25, 0.3) is 0 Å². The molecule has 0 unspecified atom stereocenters. The summed E-state index contributed by atoms with van der Waals surface area (Å²) < 4.78 is 6.16. The zero-order chi connectivity index (χ0) is 30.9. The maximum Gasteiger partial charge on any atom is 0.164 e. The minimum absolute atomic E-state index is 0.638. The highest BCUT2D eigenvalue weighted by molar-refractivity contribution is 6.18. The normalized spacial score (nSPS) is 11.8. The van der Waals surface area contributed by atoms with Crippen molar-refractivity contribution in [3.8, 4) is 67.5 Å². The molecule has 2 heterocycles. The van der Waals surface area contributed by atoms with Gasteiger partial charge in [-0.2, -0.15) is 0 Å². The third-order valence-electron chi connectivity index (χ3n) is 9.31. The molecule has 4 heteroatoms. The van der Waals surface area contributed by atoms with E-state index in [4.69, 9.17) is 19.4 Å². The molecule has 10 rings (SSSR count). The molecule has 47 heavy (non-hydrogen) atoms. The number of furan rings is 1. The molecule has 0 N–H and O–H groups in total. The van der Waals surface area contributed by atoms with Gasteiger partial charge in [0.1, 0.15) is 11.2 Å². The highest BCUT2D eigenvalue weighted by Gasteiger charge is 2.23. The monoisotopic (exact) mass is 599 g/mol. The number of benzene rings is 7. The molecule has 0 atom stereocenters. The smallest absolute Gasteiger partial charge is 0.164 e. The molecular formula is C43H25N3O. The van der Waals surface area contributed by atoms with E-state index in [1.54, 1.807) is 0 Å². The summed E-state index contributed by atoms with van der Waals surface area (Å²) in [6, 6.07) is 52.6. The summed E-state index contributed by atoms with van der Waals surface area (Å²) in [5, 5.41) is 4.63. The predicted octanol–water partition coefficient (Wildman–Crippen LogP) is 11.2. The topological polar surface area (TPSA) is 51.8 Å². The lowest BCUT2D eigenvalue weighted by atomic mass is 9.97. The zero-order valence-corrected chi connectivity index (χ0v) is 25.2. The molecule has 0 aliphatic heterocycles. The summed E-state index contributed by atoms with van der Waals surface area (Å²) in [7, 11) is 0. The van der Waals surface area contributed by atoms with Crippen LogP contribution in [-0.4, -0.2) is 15.0 Å². The van der Waals surface area contributed by atoms with Crippen LogP contribution in [0.2, 0.25) is 0 Å². The van der Waals surface area contributed by atoms with E-state index in [9.17, 15) is 0 Å². The van der Waals surface area contributed by atoms with Gasteiger partial charge in [0.05, 0.1) is 0 Å². The van der Waals surface area contributed by atoms with Crippen molar-refractivity contribution in [3.05, 3.63) is 152 Å². The molecule has 0 spiro atoms. The molecule has 4 nitrogen and oxygen atoms in total. The first-order chi connectivity index (χ1) is 23.3. The van der Waals surface area contributed by atoms with Crippen LogP contribution in [0.25, 0.3) is 100 Å². The van der Waals surface area contributed by atoms with Crippen LogP contribution in [0.4, 0.5) is 0 Å². The average molecular weight is 600 g/mol. The van der Waals surface area contributed by atoms with E-state index in [0.717, 1.165) is 55.1 Å². The molecular weight excluding hydrogens is 574 g/mol. The fraction of sp³-hybridized carbons (Fsp3) is 0. The quantitative estimate of drug-likeness (QED) is 0.202. The van der Waals surface area contributed by atoms with Gasteiger partial charge >= 0.3 is 0 Å². The Bertz CT molecular complexity index is 2640. The van der Waals surface area contributed by atoms with Crippen LogP contribution < -0.4 is 0 Å². The molecule has 0 radical (unpaired) electrons. The lowest BCUT2D eigenvalue weighted by Gasteiger charge is -2.12. The van der Waals surface area contributed by atoms with Crippen molar-refractivity contribution in [2.75, 3.05) is 0 Å². The van der Waals surface area contributed by atoms with Crippen LogP contribution in [0.1, 0.15) is 0 Å².